The second kappa shape index (κ2) is 9.46. The van der Waals surface area contributed by atoms with E-state index >= 15 is 0 Å². The zero-order valence-electron chi connectivity index (χ0n) is 12.1. The van der Waals surface area contributed by atoms with Crippen molar-refractivity contribution in [3.05, 3.63) is 60.2 Å². The van der Waals surface area contributed by atoms with Crippen LogP contribution < -0.4 is 9.47 Å². The Balaban J connectivity index is 1.57. The molecule has 0 N–H and O–H groups in total. The van der Waals surface area contributed by atoms with Gasteiger partial charge >= 0.3 is 0 Å². The molecule has 0 unspecified atom stereocenters. The van der Waals surface area contributed by atoms with E-state index in [-0.39, 0.29) is 0 Å². The van der Waals surface area contributed by atoms with Crippen LogP contribution in [0, 0.1) is 0 Å². The van der Waals surface area contributed by atoms with E-state index in [4.69, 9.17) is 9.47 Å². The standard InChI is InChI=1S/C18H21BrO2/c19-13-12-16-8-10-18(11-9-16)21-15-5-4-14-20-17-6-2-1-3-7-17/h1-3,6-11H,4-5,12-15H2. The summed E-state index contributed by atoms with van der Waals surface area (Å²) in [5, 5.41) is 0.995. The van der Waals surface area contributed by atoms with Crippen LogP contribution in [0.2, 0.25) is 0 Å². The summed E-state index contributed by atoms with van der Waals surface area (Å²) in [5.41, 5.74) is 1.33. The van der Waals surface area contributed by atoms with Crippen molar-refractivity contribution in [2.24, 2.45) is 0 Å². The normalized spacial score (nSPS) is 10.3. The first-order valence-electron chi connectivity index (χ1n) is 7.34. The number of rotatable bonds is 9. The van der Waals surface area contributed by atoms with Crippen LogP contribution in [-0.2, 0) is 6.42 Å². The minimum absolute atomic E-state index is 0.732. The van der Waals surface area contributed by atoms with Crippen LogP contribution in [0.5, 0.6) is 11.5 Å². The fourth-order valence-electron chi connectivity index (χ4n) is 1.96. The molecule has 0 fully saturated rings. The number of aryl methyl sites for hydroxylation is 1. The summed E-state index contributed by atoms with van der Waals surface area (Å²) in [5.74, 6) is 1.87. The fraction of sp³-hybridized carbons (Fsp3) is 0.333. The molecule has 2 rings (SSSR count). The first-order chi connectivity index (χ1) is 10.4. The van der Waals surface area contributed by atoms with E-state index in [1.807, 2.05) is 42.5 Å². The van der Waals surface area contributed by atoms with Gasteiger partial charge in [0.05, 0.1) is 13.2 Å². The molecule has 3 heteroatoms. The zero-order chi connectivity index (χ0) is 14.8. The minimum Gasteiger partial charge on any atom is -0.494 e. The molecule has 0 saturated carbocycles. The highest BCUT2D eigenvalue weighted by Gasteiger charge is 1.96. The molecule has 0 amide bonds. The molecule has 112 valence electrons. The van der Waals surface area contributed by atoms with Crippen molar-refractivity contribution in [2.45, 2.75) is 19.3 Å². The molecule has 0 radical (unpaired) electrons. The number of benzene rings is 2. The molecule has 0 bridgehead atoms. The highest BCUT2D eigenvalue weighted by molar-refractivity contribution is 9.09. The Morgan fingerprint density at radius 1 is 0.714 bits per heavy atom. The van der Waals surface area contributed by atoms with Gasteiger partial charge in [-0.1, -0.05) is 46.3 Å². The molecule has 0 atom stereocenters. The lowest BCUT2D eigenvalue weighted by Crippen LogP contribution is -2.02. The largest absolute Gasteiger partial charge is 0.494 e. The summed E-state index contributed by atoms with van der Waals surface area (Å²) in [6, 6.07) is 18.2. The van der Waals surface area contributed by atoms with Crippen LogP contribution in [0.4, 0.5) is 0 Å². The van der Waals surface area contributed by atoms with E-state index in [2.05, 4.69) is 28.1 Å². The molecule has 0 aliphatic carbocycles. The average Bonchev–Trinajstić information content (AvgIpc) is 2.53. The predicted molar refractivity (Wildman–Crippen MR) is 90.6 cm³/mol. The fourth-order valence-corrected chi connectivity index (χ4v) is 2.42. The van der Waals surface area contributed by atoms with E-state index in [9.17, 15) is 0 Å². The Morgan fingerprint density at radius 3 is 1.86 bits per heavy atom. The second-order valence-electron chi connectivity index (χ2n) is 4.80. The summed E-state index contributed by atoms with van der Waals surface area (Å²) in [4.78, 5) is 0. The van der Waals surface area contributed by atoms with Gasteiger partial charge in [0.25, 0.3) is 0 Å². The van der Waals surface area contributed by atoms with Gasteiger partial charge in [0, 0.05) is 5.33 Å². The number of ether oxygens (including phenoxy) is 2. The Morgan fingerprint density at radius 2 is 1.29 bits per heavy atom. The van der Waals surface area contributed by atoms with E-state index in [0.29, 0.717) is 0 Å². The van der Waals surface area contributed by atoms with E-state index in [0.717, 1.165) is 49.3 Å². The molecule has 21 heavy (non-hydrogen) atoms. The Bertz CT molecular complexity index is 496. The maximum Gasteiger partial charge on any atom is 0.119 e. The second-order valence-corrected chi connectivity index (χ2v) is 5.59. The van der Waals surface area contributed by atoms with Gasteiger partial charge in [0.15, 0.2) is 0 Å². The third-order valence-corrected chi connectivity index (χ3v) is 3.52. The molecular formula is C18H21BrO2. The summed E-state index contributed by atoms with van der Waals surface area (Å²) >= 11 is 3.44. The summed E-state index contributed by atoms with van der Waals surface area (Å²) < 4.78 is 11.4. The number of alkyl halides is 1. The molecule has 0 spiro atoms. The van der Waals surface area contributed by atoms with Crippen molar-refractivity contribution in [1.82, 2.24) is 0 Å². The van der Waals surface area contributed by atoms with Crippen molar-refractivity contribution in [1.29, 1.82) is 0 Å². The first kappa shape index (κ1) is 15.9. The molecule has 0 heterocycles. The number of halogens is 1. The predicted octanol–water partition coefficient (Wildman–Crippen LogP) is 4.86. The van der Waals surface area contributed by atoms with Crippen LogP contribution in [0.15, 0.2) is 54.6 Å². The van der Waals surface area contributed by atoms with Crippen molar-refractivity contribution >= 4 is 15.9 Å². The van der Waals surface area contributed by atoms with Crippen molar-refractivity contribution < 1.29 is 9.47 Å². The Labute approximate surface area is 135 Å². The molecule has 2 aromatic rings. The number of hydrogen-bond acceptors (Lipinski definition) is 2. The van der Waals surface area contributed by atoms with Gasteiger partial charge in [0.2, 0.25) is 0 Å². The Kier molecular flexibility index (Phi) is 7.16. The van der Waals surface area contributed by atoms with Gasteiger partial charge in [-0.2, -0.15) is 0 Å². The van der Waals surface area contributed by atoms with Gasteiger partial charge in [-0.25, -0.2) is 0 Å². The van der Waals surface area contributed by atoms with Gasteiger partial charge in [0.1, 0.15) is 11.5 Å². The molecular weight excluding hydrogens is 328 g/mol. The SMILES string of the molecule is BrCCc1ccc(OCCCCOc2ccccc2)cc1. The zero-order valence-corrected chi connectivity index (χ0v) is 13.7. The highest BCUT2D eigenvalue weighted by Crippen LogP contribution is 2.14. The number of para-hydroxylation sites is 1. The lowest BCUT2D eigenvalue weighted by Gasteiger charge is -2.08. The highest BCUT2D eigenvalue weighted by atomic mass is 79.9. The van der Waals surface area contributed by atoms with Crippen LogP contribution in [0.3, 0.4) is 0 Å². The van der Waals surface area contributed by atoms with E-state index in [1.54, 1.807) is 0 Å². The maximum absolute atomic E-state index is 5.72. The molecule has 2 aromatic carbocycles. The van der Waals surface area contributed by atoms with Crippen LogP contribution in [0.25, 0.3) is 0 Å². The van der Waals surface area contributed by atoms with E-state index < -0.39 is 0 Å². The van der Waals surface area contributed by atoms with Crippen LogP contribution >= 0.6 is 15.9 Å². The van der Waals surface area contributed by atoms with Crippen LogP contribution in [0.1, 0.15) is 18.4 Å². The monoisotopic (exact) mass is 348 g/mol. The molecule has 0 aromatic heterocycles. The lowest BCUT2D eigenvalue weighted by atomic mass is 10.2. The number of unbranched alkanes of at least 4 members (excludes halogenated alkanes) is 1. The molecule has 0 aliphatic rings. The van der Waals surface area contributed by atoms with Gasteiger partial charge < -0.3 is 9.47 Å². The van der Waals surface area contributed by atoms with Crippen LogP contribution in [-0.4, -0.2) is 18.5 Å². The first-order valence-corrected chi connectivity index (χ1v) is 8.46. The van der Waals surface area contributed by atoms with Crippen molar-refractivity contribution in [2.75, 3.05) is 18.5 Å². The van der Waals surface area contributed by atoms with Gasteiger partial charge in [-0.15, -0.1) is 0 Å². The smallest absolute Gasteiger partial charge is 0.119 e. The van der Waals surface area contributed by atoms with Crippen molar-refractivity contribution in [3.63, 3.8) is 0 Å². The minimum atomic E-state index is 0.732. The summed E-state index contributed by atoms with van der Waals surface area (Å²) in [7, 11) is 0. The summed E-state index contributed by atoms with van der Waals surface area (Å²) in [6.07, 6.45) is 3.05. The molecule has 0 saturated heterocycles. The van der Waals surface area contributed by atoms with E-state index in [1.165, 1.54) is 5.56 Å². The molecule has 2 nitrogen and oxygen atoms in total. The summed E-state index contributed by atoms with van der Waals surface area (Å²) in [6.45, 7) is 1.47. The quantitative estimate of drug-likeness (QED) is 0.475. The number of hydrogen-bond donors (Lipinski definition) is 0. The Hall–Kier alpha value is -1.48. The third-order valence-electron chi connectivity index (χ3n) is 3.13. The maximum atomic E-state index is 5.72. The third kappa shape index (κ3) is 6.21. The molecule has 0 aliphatic heterocycles. The topological polar surface area (TPSA) is 18.5 Å². The van der Waals surface area contributed by atoms with Gasteiger partial charge in [-0.3, -0.25) is 0 Å². The lowest BCUT2D eigenvalue weighted by molar-refractivity contribution is 0.266. The van der Waals surface area contributed by atoms with Gasteiger partial charge in [-0.05, 0) is 49.1 Å². The van der Waals surface area contributed by atoms with Crippen molar-refractivity contribution in [3.8, 4) is 11.5 Å². The average molecular weight is 349 g/mol.